The summed E-state index contributed by atoms with van der Waals surface area (Å²) in [6.45, 7) is 6.59. The van der Waals surface area contributed by atoms with Crippen LogP contribution in [0.2, 0.25) is 0 Å². The van der Waals surface area contributed by atoms with Crippen molar-refractivity contribution >= 4 is 27.7 Å². The molecule has 1 heterocycles. The van der Waals surface area contributed by atoms with Gasteiger partial charge in [-0.25, -0.2) is 4.79 Å². The average molecular weight is 314 g/mol. The summed E-state index contributed by atoms with van der Waals surface area (Å²) in [6.07, 6.45) is -0.445. The van der Waals surface area contributed by atoms with E-state index in [0.717, 1.165) is 21.3 Å². The lowest BCUT2D eigenvalue weighted by Crippen LogP contribution is -2.27. The molecular weight excluding hydrogens is 298 g/mol. The van der Waals surface area contributed by atoms with E-state index in [2.05, 4.69) is 21.2 Å². The number of hydrogen-bond donors (Lipinski definition) is 1. The SMILES string of the molecule is CC(C)(C)OC(=O)Nc1ccc(Br)c2c1COC2. The molecule has 1 aromatic carbocycles. The van der Waals surface area contributed by atoms with Gasteiger partial charge in [-0.15, -0.1) is 0 Å². The van der Waals surface area contributed by atoms with Gasteiger partial charge in [0.2, 0.25) is 0 Å². The van der Waals surface area contributed by atoms with Crippen molar-refractivity contribution in [2.45, 2.75) is 39.6 Å². The molecule has 0 saturated heterocycles. The van der Waals surface area contributed by atoms with Crippen molar-refractivity contribution < 1.29 is 14.3 Å². The molecule has 4 nitrogen and oxygen atoms in total. The third kappa shape index (κ3) is 3.03. The maximum absolute atomic E-state index is 11.7. The van der Waals surface area contributed by atoms with E-state index in [1.165, 1.54) is 0 Å². The zero-order valence-electron chi connectivity index (χ0n) is 10.7. The molecule has 1 aliphatic rings. The molecule has 1 aromatic rings. The highest BCUT2D eigenvalue weighted by Crippen LogP contribution is 2.33. The molecule has 0 saturated carbocycles. The molecule has 18 heavy (non-hydrogen) atoms. The topological polar surface area (TPSA) is 47.6 Å². The first-order valence-corrected chi connectivity index (χ1v) is 6.54. The molecule has 0 spiro atoms. The molecule has 0 atom stereocenters. The number of benzene rings is 1. The molecular formula is C13H16BrNO3. The van der Waals surface area contributed by atoms with Crippen molar-refractivity contribution in [2.75, 3.05) is 5.32 Å². The quantitative estimate of drug-likeness (QED) is 0.857. The lowest BCUT2D eigenvalue weighted by Gasteiger charge is -2.20. The largest absolute Gasteiger partial charge is 0.444 e. The van der Waals surface area contributed by atoms with Crippen LogP contribution in [0, 0.1) is 0 Å². The summed E-state index contributed by atoms with van der Waals surface area (Å²) >= 11 is 3.47. The highest BCUT2D eigenvalue weighted by molar-refractivity contribution is 9.10. The Morgan fingerprint density at radius 3 is 2.67 bits per heavy atom. The third-order valence-electron chi connectivity index (χ3n) is 2.50. The normalized spacial score (nSPS) is 14.2. The Hall–Kier alpha value is -1.07. The summed E-state index contributed by atoms with van der Waals surface area (Å²) in [6, 6.07) is 3.75. The second-order valence-electron chi connectivity index (χ2n) is 5.17. The number of rotatable bonds is 1. The van der Waals surface area contributed by atoms with Gasteiger partial charge in [-0.3, -0.25) is 5.32 Å². The molecule has 5 heteroatoms. The fraction of sp³-hybridized carbons (Fsp3) is 0.462. The lowest BCUT2D eigenvalue weighted by molar-refractivity contribution is 0.0635. The van der Waals surface area contributed by atoms with E-state index in [1.807, 2.05) is 32.9 Å². The Morgan fingerprint density at radius 2 is 2.00 bits per heavy atom. The maximum atomic E-state index is 11.7. The zero-order valence-corrected chi connectivity index (χ0v) is 12.3. The number of anilines is 1. The van der Waals surface area contributed by atoms with Crippen LogP contribution in [0.25, 0.3) is 0 Å². The zero-order chi connectivity index (χ0) is 13.3. The highest BCUT2D eigenvalue weighted by Gasteiger charge is 2.21. The molecule has 1 aliphatic heterocycles. The Bertz CT molecular complexity index is 480. The van der Waals surface area contributed by atoms with Crippen molar-refractivity contribution in [3.8, 4) is 0 Å². The first kappa shape index (κ1) is 13.4. The van der Waals surface area contributed by atoms with Gasteiger partial charge in [0.15, 0.2) is 0 Å². The van der Waals surface area contributed by atoms with Crippen LogP contribution >= 0.6 is 15.9 Å². The Labute approximate surface area is 115 Å². The fourth-order valence-electron chi connectivity index (χ4n) is 1.77. The van der Waals surface area contributed by atoms with Gasteiger partial charge in [-0.05, 0) is 38.5 Å². The summed E-state index contributed by atoms with van der Waals surface area (Å²) in [4.78, 5) is 11.7. The van der Waals surface area contributed by atoms with E-state index in [-0.39, 0.29) is 0 Å². The van der Waals surface area contributed by atoms with Crippen LogP contribution in [0.1, 0.15) is 31.9 Å². The van der Waals surface area contributed by atoms with Crippen molar-refractivity contribution in [1.29, 1.82) is 0 Å². The van der Waals surface area contributed by atoms with E-state index < -0.39 is 11.7 Å². The Balaban J connectivity index is 2.16. The summed E-state index contributed by atoms with van der Waals surface area (Å²) in [7, 11) is 0. The predicted octanol–water partition coefficient (Wildman–Crippen LogP) is 3.83. The first-order chi connectivity index (χ1) is 8.37. The molecule has 1 N–H and O–H groups in total. The predicted molar refractivity (Wildman–Crippen MR) is 72.5 cm³/mol. The van der Waals surface area contributed by atoms with Crippen molar-refractivity contribution in [3.05, 3.63) is 27.7 Å². The van der Waals surface area contributed by atoms with E-state index >= 15 is 0 Å². The molecule has 0 radical (unpaired) electrons. The molecule has 0 aromatic heterocycles. The standard InChI is InChI=1S/C13H16BrNO3/c1-13(2,3)18-12(16)15-11-5-4-10(14)8-6-17-7-9(8)11/h4-5H,6-7H2,1-3H3,(H,15,16). The monoisotopic (exact) mass is 313 g/mol. The number of halogens is 1. The van der Waals surface area contributed by atoms with Crippen LogP contribution in [0.15, 0.2) is 16.6 Å². The van der Waals surface area contributed by atoms with Crippen molar-refractivity contribution in [2.24, 2.45) is 0 Å². The van der Waals surface area contributed by atoms with Gasteiger partial charge in [0, 0.05) is 15.7 Å². The van der Waals surface area contributed by atoms with Gasteiger partial charge in [-0.2, -0.15) is 0 Å². The number of nitrogens with one attached hydrogen (secondary N) is 1. The molecule has 2 rings (SSSR count). The number of carbonyl (C=O) groups is 1. The second-order valence-corrected chi connectivity index (χ2v) is 6.03. The second kappa shape index (κ2) is 4.90. The Kier molecular flexibility index (Phi) is 3.64. The minimum Gasteiger partial charge on any atom is -0.444 e. The minimum atomic E-state index is -0.501. The minimum absolute atomic E-state index is 0.445. The number of amides is 1. The molecule has 98 valence electrons. The van der Waals surface area contributed by atoms with Gasteiger partial charge in [0.1, 0.15) is 5.60 Å². The van der Waals surface area contributed by atoms with Gasteiger partial charge < -0.3 is 9.47 Å². The van der Waals surface area contributed by atoms with Crippen LogP contribution in [0.4, 0.5) is 10.5 Å². The average Bonchev–Trinajstić information content (AvgIpc) is 2.69. The summed E-state index contributed by atoms with van der Waals surface area (Å²) < 4.78 is 11.6. The van der Waals surface area contributed by atoms with Crippen LogP contribution in [0.5, 0.6) is 0 Å². The van der Waals surface area contributed by atoms with Gasteiger partial charge in [0.05, 0.1) is 13.2 Å². The molecule has 0 bridgehead atoms. The van der Waals surface area contributed by atoms with Crippen LogP contribution < -0.4 is 5.32 Å². The van der Waals surface area contributed by atoms with Gasteiger partial charge in [-0.1, -0.05) is 15.9 Å². The number of hydrogen-bond acceptors (Lipinski definition) is 3. The van der Waals surface area contributed by atoms with Crippen LogP contribution in [-0.2, 0) is 22.7 Å². The summed E-state index contributed by atoms with van der Waals surface area (Å²) in [5.41, 5.74) is 2.35. The fourth-order valence-corrected chi connectivity index (χ4v) is 2.26. The summed E-state index contributed by atoms with van der Waals surface area (Å²) in [5, 5.41) is 2.76. The van der Waals surface area contributed by atoms with Crippen LogP contribution in [0.3, 0.4) is 0 Å². The Morgan fingerprint density at radius 1 is 1.33 bits per heavy atom. The third-order valence-corrected chi connectivity index (χ3v) is 3.25. The van der Waals surface area contributed by atoms with E-state index in [4.69, 9.17) is 9.47 Å². The molecule has 0 unspecified atom stereocenters. The van der Waals surface area contributed by atoms with Gasteiger partial charge >= 0.3 is 6.09 Å². The maximum Gasteiger partial charge on any atom is 0.412 e. The number of ether oxygens (including phenoxy) is 2. The van der Waals surface area contributed by atoms with E-state index in [0.29, 0.717) is 13.2 Å². The van der Waals surface area contributed by atoms with Crippen LogP contribution in [-0.4, -0.2) is 11.7 Å². The molecule has 1 amide bonds. The van der Waals surface area contributed by atoms with Gasteiger partial charge in [0.25, 0.3) is 0 Å². The molecule has 0 aliphatic carbocycles. The smallest absolute Gasteiger partial charge is 0.412 e. The van der Waals surface area contributed by atoms with Crippen molar-refractivity contribution in [3.63, 3.8) is 0 Å². The number of fused-ring (bicyclic) bond motifs is 1. The number of carbonyl (C=O) groups excluding carboxylic acids is 1. The lowest BCUT2D eigenvalue weighted by atomic mass is 10.1. The van der Waals surface area contributed by atoms with E-state index in [9.17, 15) is 4.79 Å². The first-order valence-electron chi connectivity index (χ1n) is 5.75. The highest BCUT2D eigenvalue weighted by atomic mass is 79.9. The van der Waals surface area contributed by atoms with E-state index in [1.54, 1.807) is 0 Å². The summed E-state index contributed by atoms with van der Waals surface area (Å²) in [5.74, 6) is 0. The van der Waals surface area contributed by atoms with Crippen molar-refractivity contribution in [1.82, 2.24) is 0 Å². The molecule has 0 fully saturated rings.